The SMILES string of the molecule is COC(=O)c1ccc(Cl)c(NC(=S)NC2CCCC2)c1. The first-order valence-corrected chi connectivity index (χ1v) is 7.34. The summed E-state index contributed by atoms with van der Waals surface area (Å²) in [6.45, 7) is 0. The molecule has 0 saturated heterocycles. The number of benzene rings is 1. The van der Waals surface area contributed by atoms with Gasteiger partial charge in [0, 0.05) is 6.04 Å². The predicted molar refractivity (Wildman–Crippen MR) is 84.4 cm³/mol. The van der Waals surface area contributed by atoms with Gasteiger partial charge in [0.05, 0.1) is 23.4 Å². The molecular formula is C14H17ClN2O2S. The normalized spacial score (nSPS) is 14.9. The third-order valence-corrected chi connectivity index (χ3v) is 3.88. The van der Waals surface area contributed by atoms with Crippen LogP contribution in [0.1, 0.15) is 36.0 Å². The fourth-order valence-electron chi connectivity index (χ4n) is 2.28. The minimum atomic E-state index is -0.403. The Morgan fingerprint density at radius 3 is 2.75 bits per heavy atom. The summed E-state index contributed by atoms with van der Waals surface area (Å²) >= 11 is 11.4. The van der Waals surface area contributed by atoms with Crippen LogP contribution in [0.25, 0.3) is 0 Å². The van der Waals surface area contributed by atoms with Crippen LogP contribution in [0.3, 0.4) is 0 Å². The predicted octanol–water partition coefficient (Wildman–Crippen LogP) is 3.36. The summed E-state index contributed by atoms with van der Waals surface area (Å²) in [7, 11) is 1.34. The number of anilines is 1. The summed E-state index contributed by atoms with van der Waals surface area (Å²) < 4.78 is 4.69. The Kier molecular flexibility index (Phi) is 5.20. The third kappa shape index (κ3) is 3.84. The highest BCUT2D eigenvalue weighted by Crippen LogP contribution is 2.24. The number of halogens is 1. The Bertz CT molecular complexity index is 516. The van der Waals surface area contributed by atoms with Crippen LogP contribution >= 0.6 is 23.8 Å². The second-order valence-electron chi connectivity index (χ2n) is 4.77. The standard InChI is InChI=1S/C14H17ClN2O2S/c1-19-13(18)9-6-7-11(15)12(8-9)17-14(20)16-10-4-2-3-5-10/h6-8,10H,2-5H2,1H3,(H2,16,17,20). The molecule has 0 heterocycles. The molecule has 0 radical (unpaired) electrons. The molecule has 1 aromatic carbocycles. The quantitative estimate of drug-likeness (QED) is 0.662. The van der Waals surface area contributed by atoms with E-state index in [0.29, 0.717) is 27.4 Å². The Morgan fingerprint density at radius 1 is 1.40 bits per heavy atom. The van der Waals surface area contributed by atoms with Gasteiger partial charge in [0.2, 0.25) is 0 Å². The van der Waals surface area contributed by atoms with Gasteiger partial charge in [-0.15, -0.1) is 0 Å². The molecule has 2 rings (SSSR count). The molecule has 0 unspecified atom stereocenters. The zero-order valence-corrected chi connectivity index (χ0v) is 12.8. The van der Waals surface area contributed by atoms with Crippen molar-refractivity contribution in [3.8, 4) is 0 Å². The van der Waals surface area contributed by atoms with Gasteiger partial charge in [0.25, 0.3) is 0 Å². The smallest absolute Gasteiger partial charge is 0.337 e. The minimum absolute atomic E-state index is 0.403. The molecule has 2 N–H and O–H groups in total. The summed E-state index contributed by atoms with van der Waals surface area (Å²) in [4.78, 5) is 11.5. The van der Waals surface area contributed by atoms with Crippen LogP contribution in [0.2, 0.25) is 5.02 Å². The number of ether oxygens (including phenoxy) is 1. The number of carbonyl (C=O) groups is 1. The molecule has 108 valence electrons. The average Bonchev–Trinajstić information content (AvgIpc) is 2.93. The van der Waals surface area contributed by atoms with Crippen LogP contribution in [0.15, 0.2) is 18.2 Å². The molecule has 20 heavy (non-hydrogen) atoms. The van der Waals surface area contributed by atoms with Crippen molar-refractivity contribution in [3.63, 3.8) is 0 Å². The summed E-state index contributed by atoms with van der Waals surface area (Å²) in [6.07, 6.45) is 4.74. The first-order valence-electron chi connectivity index (χ1n) is 6.55. The summed E-state index contributed by atoms with van der Waals surface area (Å²) in [6, 6.07) is 5.33. The van der Waals surface area contributed by atoms with E-state index >= 15 is 0 Å². The fraction of sp³-hybridized carbons (Fsp3) is 0.429. The van der Waals surface area contributed by atoms with Crippen LogP contribution in [-0.2, 0) is 4.74 Å². The molecule has 1 saturated carbocycles. The second kappa shape index (κ2) is 6.90. The lowest BCUT2D eigenvalue weighted by Crippen LogP contribution is -2.36. The van der Waals surface area contributed by atoms with Crippen molar-refractivity contribution in [2.24, 2.45) is 0 Å². The third-order valence-electron chi connectivity index (χ3n) is 3.33. The number of esters is 1. The van der Waals surface area contributed by atoms with Gasteiger partial charge < -0.3 is 15.4 Å². The lowest BCUT2D eigenvalue weighted by atomic mass is 10.2. The van der Waals surface area contributed by atoms with Crippen LogP contribution in [0.4, 0.5) is 5.69 Å². The molecular weight excluding hydrogens is 296 g/mol. The van der Waals surface area contributed by atoms with Crippen molar-refractivity contribution < 1.29 is 9.53 Å². The maximum absolute atomic E-state index is 11.5. The molecule has 6 heteroatoms. The van der Waals surface area contributed by atoms with Gasteiger partial charge in [0.15, 0.2) is 5.11 Å². The van der Waals surface area contributed by atoms with Crippen LogP contribution in [0.5, 0.6) is 0 Å². The second-order valence-corrected chi connectivity index (χ2v) is 5.58. The molecule has 0 aromatic heterocycles. The van der Waals surface area contributed by atoms with E-state index in [1.54, 1.807) is 18.2 Å². The fourth-order valence-corrected chi connectivity index (χ4v) is 2.72. The highest BCUT2D eigenvalue weighted by Gasteiger charge is 2.16. The van der Waals surface area contributed by atoms with Crippen molar-refractivity contribution >= 4 is 40.6 Å². The average molecular weight is 313 g/mol. The van der Waals surface area contributed by atoms with Gasteiger partial charge in [-0.3, -0.25) is 0 Å². The lowest BCUT2D eigenvalue weighted by Gasteiger charge is -2.16. The highest BCUT2D eigenvalue weighted by atomic mass is 35.5. The van der Waals surface area contributed by atoms with E-state index in [0.717, 1.165) is 12.8 Å². The molecule has 0 aliphatic heterocycles. The maximum atomic E-state index is 11.5. The van der Waals surface area contributed by atoms with Gasteiger partial charge in [0.1, 0.15) is 0 Å². The molecule has 4 nitrogen and oxygen atoms in total. The summed E-state index contributed by atoms with van der Waals surface area (Å²) in [5.41, 5.74) is 1.04. The van der Waals surface area contributed by atoms with E-state index in [1.807, 2.05) is 0 Å². The summed E-state index contributed by atoms with van der Waals surface area (Å²) in [5.74, 6) is -0.403. The Morgan fingerprint density at radius 2 is 2.10 bits per heavy atom. The number of nitrogens with one attached hydrogen (secondary N) is 2. The zero-order valence-electron chi connectivity index (χ0n) is 11.2. The number of hydrogen-bond donors (Lipinski definition) is 2. The van der Waals surface area contributed by atoms with Crippen LogP contribution in [0, 0.1) is 0 Å². The van der Waals surface area contributed by atoms with E-state index < -0.39 is 5.97 Å². The van der Waals surface area contributed by atoms with Gasteiger partial charge in [-0.2, -0.15) is 0 Å². The van der Waals surface area contributed by atoms with E-state index in [1.165, 1.54) is 20.0 Å². The molecule has 1 aliphatic rings. The minimum Gasteiger partial charge on any atom is -0.465 e. The highest BCUT2D eigenvalue weighted by molar-refractivity contribution is 7.80. The molecule has 0 spiro atoms. The molecule has 1 aromatic rings. The van der Waals surface area contributed by atoms with Gasteiger partial charge in [-0.25, -0.2) is 4.79 Å². The maximum Gasteiger partial charge on any atom is 0.337 e. The topological polar surface area (TPSA) is 50.4 Å². The number of rotatable bonds is 3. The van der Waals surface area contributed by atoms with E-state index in [4.69, 9.17) is 23.8 Å². The van der Waals surface area contributed by atoms with E-state index in [2.05, 4.69) is 15.4 Å². The monoisotopic (exact) mass is 312 g/mol. The van der Waals surface area contributed by atoms with Crippen molar-refractivity contribution in [1.82, 2.24) is 5.32 Å². The molecule has 1 aliphatic carbocycles. The Hall–Kier alpha value is -1.33. The number of thiocarbonyl (C=S) groups is 1. The van der Waals surface area contributed by atoms with E-state index in [-0.39, 0.29) is 0 Å². The number of methoxy groups -OCH3 is 1. The van der Waals surface area contributed by atoms with Crippen LogP contribution in [-0.4, -0.2) is 24.2 Å². The van der Waals surface area contributed by atoms with Gasteiger partial charge in [-0.05, 0) is 43.3 Å². The van der Waals surface area contributed by atoms with Gasteiger partial charge >= 0.3 is 5.97 Å². The molecule has 0 bridgehead atoms. The summed E-state index contributed by atoms with van der Waals surface area (Å²) in [5, 5.41) is 7.34. The van der Waals surface area contributed by atoms with Crippen LogP contribution < -0.4 is 10.6 Å². The Balaban J connectivity index is 2.03. The molecule has 1 fully saturated rings. The molecule has 0 atom stereocenters. The van der Waals surface area contributed by atoms with Crippen molar-refractivity contribution in [2.45, 2.75) is 31.7 Å². The first-order chi connectivity index (χ1) is 9.60. The Labute approximate surface area is 128 Å². The molecule has 0 amide bonds. The zero-order chi connectivity index (χ0) is 14.5. The largest absolute Gasteiger partial charge is 0.465 e. The lowest BCUT2D eigenvalue weighted by molar-refractivity contribution is 0.0601. The van der Waals surface area contributed by atoms with Crippen molar-refractivity contribution in [1.29, 1.82) is 0 Å². The van der Waals surface area contributed by atoms with E-state index in [9.17, 15) is 4.79 Å². The first kappa shape index (κ1) is 15.1. The van der Waals surface area contributed by atoms with Crippen molar-refractivity contribution in [3.05, 3.63) is 28.8 Å². The number of carbonyl (C=O) groups excluding carboxylic acids is 1. The van der Waals surface area contributed by atoms with Crippen molar-refractivity contribution in [2.75, 3.05) is 12.4 Å². The van der Waals surface area contributed by atoms with Gasteiger partial charge in [-0.1, -0.05) is 24.4 Å². The number of hydrogen-bond acceptors (Lipinski definition) is 3.